The number of aromatic nitrogens is 1. The Balaban J connectivity index is 2.18. The van der Waals surface area contributed by atoms with Crippen molar-refractivity contribution in [3.05, 3.63) is 34.4 Å². The molecular formula is C13H14Cl2N2S. The van der Waals surface area contributed by atoms with E-state index < -0.39 is 0 Å². The number of nitrogens with zero attached hydrogens (tertiary/aromatic N) is 1. The van der Waals surface area contributed by atoms with Gasteiger partial charge < -0.3 is 5.32 Å². The van der Waals surface area contributed by atoms with E-state index in [1.54, 1.807) is 17.4 Å². The maximum atomic E-state index is 6.17. The van der Waals surface area contributed by atoms with Gasteiger partial charge in [0.2, 0.25) is 0 Å². The van der Waals surface area contributed by atoms with E-state index in [2.05, 4.69) is 24.1 Å². The Morgan fingerprint density at radius 3 is 2.78 bits per heavy atom. The lowest BCUT2D eigenvalue weighted by Crippen LogP contribution is -2.07. The molecule has 0 fully saturated rings. The van der Waals surface area contributed by atoms with E-state index in [0.29, 0.717) is 16.0 Å². The van der Waals surface area contributed by atoms with E-state index in [1.807, 2.05) is 18.3 Å². The van der Waals surface area contributed by atoms with Crippen molar-refractivity contribution in [2.24, 2.45) is 5.92 Å². The van der Waals surface area contributed by atoms with E-state index in [4.69, 9.17) is 23.2 Å². The molecule has 0 amide bonds. The van der Waals surface area contributed by atoms with Crippen LogP contribution in [0.2, 0.25) is 10.0 Å². The fourth-order valence-electron chi connectivity index (χ4n) is 1.46. The van der Waals surface area contributed by atoms with Crippen molar-refractivity contribution in [2.75, 3.05) is 11.9 Å². The zero-order valence-corrected chi connectivity index (χ0v) is 12.5. The average Bonchev–Trinajstić information content (AvgIpc) is 2.75. The standard InChI is InChI=1S/C13H14Cl2N2S/c1-8(2)6-16-13-17-7-12(18-13)10-4-3-9(14)5-11(10)15/h3-5,7-8H,6H2,1-2H3,(H,16,17). The van der Waals surface area contributed by atoms with Crippen molar-refractivity contribution < 1.29 is 0 Å². The quantitative estimate of drug-likeness (QED) is 0.841. The molecule has 1 aromatic carbocycles. The van der Waals surface area contributed by atoms with Crippen molar-refractivity contribution in [1.82, 2.24) is 4.98 Å². The fraction of sp³-hybridized carbons (Fsp3) is 0.308. The Bertz CT molecular complexity index is 538. The van der Waals surface area contributed by atoms with Gasteiger partial charge >= 0.3 is 0 Å². The highest BCUT2D eigenvalue weighted by Crippen LogP contribution is 2.35. The van der Waals surface area contributed by atoms with Gasteiger partial charge in [-0.25, -0.2) is 4.98 Å². The number of halogens is 2. The molecule has 18 heavy (non-hydrogen) atoms. The van der Waals surface area contributed by atoms with Gasteiger partial charge in [-0.05, 0) is 18.1 Å². The molecule has 96 valence electrons. The van der Waals surface area contributed by atoms with Crippen LogP contribution in [0.15, 0.2) is 24.4 Å². The van der Waals surface area contributed by atoms with Gasteiger partial charge in [-0.2, -0.15) is 0 Å². The van der Waals surface area contributed by atoms with Crippen LogP contribution in [-0.2, 0) is 0 Å². The summed E-state index contributed by atoms with van der Waals surface area (Å²) in [7, 11) is 0. The average molecular weight is 301 g/mol. The van der Waals surface area contributed by atoms with Gasteiger partial charge in [0, 0.05) is 23.3 Å². The van der Waals surface area contributed by atoms with Crippen molar-refractivity contribution in [3.63, 3.8) is 0 Å². The van der Waals surface area contributed by atoms with Gasteiger partial charge in [0.15, 0.2) is 5.13 Å². The summed E-state index contributed by atoms with van der Waals surface area (Å²) in [5, 5.41) is 5.52. The first-order valence-electron chi connectivity index (χ1n) is 5.71. The van der Waals surface area contributed by atoms with Crippen LogP contribution in [-0.4, -0.2) is 11.5 Å². The Morgan fingerprint density at radius 2 is 2.11 bits per heavy atom. The van der Waals surface area contributed by atoms with Crippen LogP contribution < -0.4 is 5.32 Å². The molecule has 0 atom stereocenters. The third-order valence-corrected chi connectivity index (χ3v) is 3.90. The van der Waals surface area contributed by atoms with Gasteiger partial charge in [0.05, 0.1) is 9.90 Å². The van der Waals surface area contributed by atoms with E-state index in [9.17, 15) is 0 Å². The predicted octanol–water partition coefficient (Wildman–Crippen LogP) is 5.18. The van der Waals surface area contributed by atoms with Crippen molar-refractivity contribution in [2.45, 2.75) is 13.8 Å². The minimum absolute atomic E-state index is 0.594. The van der Waals surface area contributed by atoms with Crippen LogP contribution in [0.5, 0.6) is 0 Å². The number of nitrogens with one attached hydrogen (secondary N) is 1. The summed E-state index contributed by atoms with van der Waals surface area (Å²) < 4.78 is 0. The molecule has 0 radical (unpaired) electrons. The molecule has 1 N–H and O–H groups in total. The maximum Gasteiger partial charge on any atom is 0.183 e. The molecule has 0 saturated heterocycles. The molecule has 0 saturated carbocycles. The molecule has 2 nitrogen and oxygen atoms in total. The van der Waals surface area contributed by atoms with E-state index >= 15 is 0 Å². The van der Waals surface area contributed by atoms with Crippen LogP contribution in [0.4, 0.5) is 5.13 Å². The molecule has 1 aromatic heterocycles. The number of benzene rings is 1. The van der Waals surface area contributed by atoms with Gasteiger partial charge in [-0.3, -0.25) is 0 Å². The van der Waals surface area contributed by atoms with E-state index in [-0.39, 0.29) is 0 Å². The Hall–Kier alpha value is -0.770. The SMILES string of the molecule is CC(C)CNc1ncc(-c2ccc(Cl)cc2Cl)s1. The number of thiazole rings is 1. The molecule has 1 heterocycles. The summed E-state index contributed by atoms with van der Waals surface area (Å²) in [5.74, 6) is 0.594. The lowest BCUT2D eigenvalue weighted by atomic mass is 10.2. The number of rotatable bonds is 4. The van der Waals surface area contributed by atoms with Gasteiger partial charge in [0.1, 0.15) is 0 Å². The van der Waals surface area contributed by atoms with E-state index in [1.165, 1.54) is 0 Å². The van der Waals surface area contributed by atoms with Crippen LogP contribution >= 0.6 is 34.5 Å². The van der Waals surface area contributed by atoms with Crippen LogP contribution in [0, 0.1) is 5.92 Å². The molecule has 2 rings (SSSR count). The summed E-state index contributed by atoms with van der Waals surface area (Å²) in [6.45, 7) is 5.25. The van der Waals surface area contributed by atoms with Gasteiger partial charge in [-0.15, -0.1) is 0 Å². The molecule has 5 heteroatoms. The topological polar surface area (TPSA) is 24.9 Å². The summed E-state index contributed by atoms with van der Waals surface area (Å²) in [4.78, 5) is 5.39. The zero-order chi connectivity index (χ0) is 13.1. The van der Waals surface area contributed by atoms with Crippen LogP contribution in [0.1, 0.15) is 13.8 Å². The van der Waals surface area contributed by atoms with Crippen molar-refractivity contribution >= 4 is 39.7 Å². The second-order valence-electron chi connectivity index (χ2n) is 4.43. The summed E-state index contributed by atoms with van der Waals surface area (Å²) in [6, 6.07) is 5.51. The molecule has 0 aliphatic rings. The normalized spacial score (nSPS) is 10.9. The van der Waals surface area contributed by atoms with Crippen molar-refractivity contribution in [1.29, 1.82) is 0 Å². The molecule has 0 spiro atoms. The Morgan fingerprint density at radius 1 is 1.33 bits per heavy atom. The molecule has 0 bridgehead atoms. The molecule has 0 aliphatic heterocycles. The smallest absolute Gasteiger partial charge is 0.183 e. The highest BCUT2D eigenvalue weighted by Gasteiger charge is 2.08. The lowest BCUT2D eigenvalue weighted by molar-refractivity contribution is 0.688. The summed E-state index contributed by atoms with van der Waals surface area (Å²) >= 11 is 13.7. The molecule has 0 aliphatic carbocycles. The fourth-order valence-corrected chi connectivity index (χ4v) is 2.89. The predicted molar refractivity (Wildman–Crippen MR) is 80.9 cm³/mol. The van der Waals surface area contributed by atoms with Gasteiger partial charge in [-0.1, -0.05) is 54.5 Å². The highest BCUT2D eigenvalue weighted by molar-refractivity contribution is 7.18. The number of hydrogen-bond acceptors (Lipinski definition) is 3. The van der Waals surface area contributed by atoms with Crippen LogP contribution in [0.3, 0.4) is 0 Å². The van der Waals surface area contributed by atoms with Crippen LogP contribution in [0.25, 0.3) is 10.4 Å². The third kappa shape index (κ3) is 3.37. The number of hydrogen-bond donors (Lipinski definition) is 1. The molecular weight excluding hydrogens is 287 g/mol. The number of anilines is 1. The summed E-state index contributed by atoms with van der Waals surface area (Å²) in [6.07, 6.45) is 1.84. The molecule has 2 aromatic rings. The first kappa shape index (κ1) is 13.7. The largest absolute Gasteiger partial charge is 0.361 e. The first-order valence-corrected chi connectivity index (χ1v) is 7.28. The lowest BCUT2D eigenvalue weighted by Gasteiger charge is -2.04. The first-order chi connectivity index (χ1) is 8.56. The Labute approximate surface area is 121 Å². The summed E-state index contributed by atoms with van der Waals surface area (Å²) in [5.41, 5.74) is 0.969. The maximum absolute atomic E-state index is 6.17. The zero-order valence-electron chi connectivity index (χ0n) is 10.2. The second-order valence-corrected chi connectivity index (χ2v) is 6.30. The second kappa shape index (κ2) is 5.91. The van der Waals surface area contributed by atoms with Crippen molar-refractivity contribution in [3.8, 4) is 10.4 Å². The Kier molecular flexibility index (Phi) is 4.49. The molecule has 0 unspecified atom stereocenters. The minimum atomic E-state index is 0.594. The minimum Gasteiger partial charge on any atom is -0.361 e. The monoisotopic (exact) mass is 300 g/mol. The van der Waals surface area contributed by atoms with Gasteiger partial charge in [0.25, 0.3) is 0 Å². The van der Waals surface area contributed by atoms with E-state index in [0.717, 1.165) is 22.1 Å². The highest BCUT2D eigenvalue weighted by atomic mass is 35.5. The third-order valence-electron chi connectivity index (χ3n) is 2.36.